The first-order valence-corrected chi connectivity index (χ1v) is 8.08. The fraction of sp³-hybridized carbons (Fsp3) is 0.471. The third-order valence-corrected chi connectivity index (χ3v) is 4.35. The molecule has 1 atom stereocenters. The highest BCUT2D eigenvalue weighted by Gasteiger charge is 2.27. The fourth-order valence-electron chi connectivity index (χ4n) is 2.97. The molecule has 1 saturated heterocycles. The largest absolute Gasteiger partial charge is 0.394 e. The number of hydrogen-bond donors (Lipinski definition) is 1. The molecular weight excluding hydrogens is 313 g/mol. The summed E-state index contributed by atoms with van der Waals surface area (Å²) in [6.07, 6.45) is 2.38. The summed E-state index contributed by atoms with van der Waals surface area (Å²) in [7, 11) is 0. The molecule has 7 heteroatoms. The van der Waals surface area contributed by atoms with Crippen LogP contribution in [0.3, 0.4) is 0 Å². The van der Waals surface area contributed by atoms with Gasteiger partial charge in [-0.25, -0.2) is 4.39 Å². The predicted molar refractivity (Wildman–Crippen MR) is 84.6 cm³/mol. The number of halogens is 1. The van der Waals surface area contributed by atoms with Crippen molar-refractivity contribution in [3.8, 4) is 11.4 Å². The average Bonchev–Trinajstić information content (AvgIpc) is 3.24. The molecule has 3 rings (SSSR count). The molecule has 1 N–H and O–H groups in total. The van der Waals surface area contributed by atoms with E-state index in [-0.39, 0.29) is 30.8 Å². The average molecular weight is 333 g/mol. The van der Waals surface area contributed by atoms with Gasteiger partial charge < -0.3 is 14.5 Å². The zero-order valence-corrected chi connectivity index (χ0v) is 13.5. The molecule has 1 unspecified atom stereocenters. The van der Waals surface area contributed by atoms with Gasteiger partial charge in [0.15, 0.2) is 0 Å². The van der Waals surface area contributed by atoms with Gasteiger partial charge in [0.05, 0.1) is 12.6 Å². The number of rotatable bonds is 5. The van der Waals surface area contributed by atoms with Crippen LogP contribution in [0.1, 0.15) is 30.7 Å². The molecule has 128 valence electrons. The second-order valence-corrected chi connectivity index (χ2v) is 6.04. The van der Waals surface area contributed by atoms with Gasteiger partial charge in [-0.05, 0) is 43.5 Å². The summed E-state index contributed by atoms with van der Waals surface area (Å²) in [5.41, 5.74) is 1.19. The summed E-state index contributed by atoms with van der Waals surface area (Å²) >= 11 is 0. The summed E-state index contributed by atoms with van der Waals surface area (Å²) in [6.45, 7) is 2.36. The van der Waals surface area contributed by atoms with Crippen molar-refractivity contribution >= 4 is 5.91 Å². The summed E-state index contributed by atoms with van der Waals surface area (Å²) in [4.78, 5) is 18.2. The predicted octanol–water partition coefficient (Wildman–Crippen LogP) is 2.10. The third-order valence-electron chi connectivity index (χ3n) is 4.35. The minimum absolute atomic E-state index is 0.000361. The normalized spacial score (nSPS) is 17.5. The molecule has 2 heterocycles. The number of hydrogen-bond acceptors (Lipinski definition) is 5. The van der Waals surface area contributed by atoms with Crippen LogP contribution < -0.4 is 0 Å². The number of amides is 1. The lowest BCUT2D eigenvalue weighted by Gasteiger charge is -2.22. The van der Waals surface area contributed by atoms with Crippen LogP contribution in [-0.4, -0.2) is 45.2 Å². The van der Waals surface area contributed by atoms with E-state index in [0.717, 1.165) is 12.8 Å². The number of aliphatic hydroxyl groups excluding tert-OH is 1. The molecule has 0 saturated carbocycles. The number of aryl methyl sites for hydroxylation is 2. The zero-order chi connectivity index (χ0) is 17.1. The first kappa shape index (κ1) is 16.6. The van der Waals surface area contributed by atoms with Crippen molar-refractivity contribution in [1.29, 1.82) is 0 Å². The molecule has 2 aromatic rings. The van der Waals surface area contributed by atoms with Crippen LogP contribution in [0, 0.1) is 12.7 Å². The third kappa shape index (κ3) is 3.46. The molecule has 0 radical (unpaired) electrons. The number of benzene rings is 1. The van der Waals surface area contributed by atoms with E-state index in [1.165, 1.54) is 6.07 Å². The summed E-state index contributed by atoms with van der Waals surface area (Å²) < 4.78 is 18.5. The number of aliphatic hydroxyl groups is 1. The van der Waals surface area contributed by atoms with Crippen molar-refractivity contribution in [2.24, 2.45) is 0 Å². The SMILES string of the molecule is Cc1cc(-c2noc(CCC(=O)N3CCCC3CO)n2)ccc1F. The van der Waals surface area contributed by atoms with Gasteiger partial charge in [0.2, 0.25) is 17.6 Å². The van der Waals surface area contributed by atoms with Gasteiger partial charge in [0.25, 0.3) is 0 Å². The lowest BCUT2D eigenvalue weighted by atomic mass is 10.1. The van der Waals surface area contributed by atoms with Gasteiger partial charge in [-0.3, -0.25) is 4.79 Å². The smallest absolute Gasteiger partial charge is 0.227 e. The van der Waals surface area contributed by atoms with Crippen molar-refractivity contribution in [1.82, 2.24) is 15.0 Å². The summed E-state index contributed by atoms with van der Waals surface area (Å²) in [5.74, 6) is 0.469. The van der Waals surface area contributed by atoms with Crippen molar-refractivity contribution in [2.75, 3.05) is 13.2 Å². The maximum Gasteiger partial charge on any atom is 0.227 e. The van der Waals surface area contributed by atoms with Crippen molar-refractivity contribution in [3.63, 3.8) is 0 Å². The van der Waals surface area contributed by atoms with Crippen LogP contribution in [0.4, 0.5) is 4.39 Å². The Morgan fingerprint density at radius 2 is 2.33 bits per heavy atom. The van der Waals surface area contributed by atoms with E-state index in [9.17, 15) is 14.3 Å². The minimum atomic E-state index is -0.280. The lowest BCUT2D eigenvalue weighted by molar-refractivity contribution is -0.132. The first-order chi connectivity index (χ1) is 11.6. The molecule has 1 aliphatic rings. The number of carbonyl (C=O) groups excluding carboxylic acids is 1. The van der Waals surface area contributed by atoms with E-state index < -0.39 is 0 Å². The van der Waals surface area contributed by atoms with Crippen molar-refractivity contribution in [2.45, 2.75) is 38.6 Å². The molecule has 24 heavy (non-hydrogen) atoms. The second-order valence-electron chi connectivity index (χ2n) is 6.04. The molecule has 0 aliphatic carbocycles. The molecule has 0 spiro atoms. The Morgan fingerprint density at radius 3 is 3.08 bits per heavy atom. The number of carbonyl (C=O) groups is 1. The van der Waals surface area contributed by atoms with Crippen molar-refractivity contribution in [3.05, 3.63) is 35.5 Å². The maximum absolute atomic E-state index is 13.3. The highest BCUT2D eigenvalue weighted by Crippen LogP contribution is 2.21. The molecule has 1 fully saturated rings. The van der Waals surface area contributed by atoms with E-state index in [2.05, 4.69) is 10.1 Å². The second kappa shape index (κ2) is 7.09. The molecule has 1 amide bonds. The zero-order valence-electron chi connectivity index (χ0n) is 13.5. The van der Waals surface area contributed by atoms with Gasteiger partial charge in [0.1, 0.15) is 5.82 Å². The Hall–Kier alpha value is -2.28. The Morgan fingerprint density at radius 1 is 1.50 bits per heavy atom. The number of aromatic nitrogens is 2. The Kier molecular flexibility index (Phi) is 4.89. The molecule has 1 aromatic carbocycles. The lowest BCUT2D eigenvalue weighted by Crippen LogP contribution is -2.37. The van der Waals surface area contributed by atoms with E-state index in [0.29, 0.717) is 35.8 Å². The van der Waals surface area contributed by atoms with E-state index in [4.69, 9.17) is 4.52 Å². The van der Waals surface area contributed by atoms with Gasteiger partial charge >= 0.3 is 0 Å². The van der Waals surface area contributed by atoms with Crippen LogP contribution in [0.25, 0.3) is 11.4 Å². The molecule has 1 aliphatic heterocycles. The van der Waals surface area contributed by atoms with Crippen LogP contribution in [0.15, 0.2) is 22.7 Å². The quantitative estimate of drug-likeness (QED) is 0.906. The van der Waals surface area contributed by atoms with Gasteiger partial charge in [-0.2, -0.15) is 4.98 Å². The fourth-order valence-corrected chi connectivity index (χ4v) is 2.97. The summed E-state index contributed by atoms with van der Waals surface area (Å²) in [5, 5.41) is 13.2. The van der Waals surface area contributed by atoms with Crippen LogP contribution in [0.5, 0.6) is 0 Å². The maximum atomic E-state index is 13.3. The highest BCUT2D eigenvalue weighted by atomic mass is 19.1. The topological polar surface area (TPSA) is 79.5 Å². The van der Waals surface area contributed by atoms with Crippen LogP contribution in [0.2, 0.25) is 0 Å². The molecule has 6 nitrogen and oxygen atoms in total. The molecule has 1 aromatic heterocycles. The Bertz CT molecular complexity index is 732. The first-order valence-electron chi connectivity index (χ1n) is 8.08. The minimum Gasteiger partial charge on any atom is -0.394 e. The van der Waals surface area contributed by atoms with E-state index >= 15 is 0 Å². The highest BCUT2D eigenvalue weighted by molar-refractivity contribution is 5.77. The van der Waals surface area contributed by atoms with Gasteiger partial charge in [-0.15, -0.1) is 0 Å². The van der Waals surface area contributed by atoms with Crippen molar-refractivity contribution < 1.29 is 18.8 Å². The Balaban J connectivity index is 1.62. The molecular formula is C17H20FN3O3. The number of likely N-dealkylation sites (tertiary alicyclic amines) is 1. The Labute approximate surface area is 139 Å². The standard InChI is InChI=1S/C17H20FN3O3/c1-11-9-12(4-5-14(11)18)17-19-15(24-20-17)6-7-16(23)21-8-2-3-13(21)10-22/h4-5,9,13,22H,2-3,6-8,10H2,1H3. The van der Waals surface area contributed by atoms with Crippen LogP contribution in [-0.2, 0) is 11.2 Å². The summed E-state index contributed by atoms with van der Waals surface area (Å²) in [6, 6.07) is 4.55. The monoisotopic (exact) mass is 333 g/mol. The van der Waals surface area contributed by atoms with E-state index in [1.54, 1.807) is 24.0 Å². The number of nitrogens with zero attached hydrogens (tertiary/aromatic N) is 3. The molecule has 0 bridgehead atoms. The van der Waals surface area contributed by atoms with Crippen LogP contribution >= 0.6 is 0 Å². The van der Waals surface area contributed by atoms with Gasteiger partial charge in [0, 0.05) is 24.9 Å². The van der Waals surface area contributed by atoms with E-state index in [1.807, 2.05) is 0 Å². The van der Waals surface area contributed by atoms with Gasteiger partial charge in [-0.1, -0.05) is 5.16 Å².